The van der Waals surface area contributed by atoms with Crippen LogP contribution in [0, 0.1) is 0 Å². The van der Waals surface area contributed by atoms with Gasteiger partial charge < -0.3 is 35.2 Å². The minimum Gasteiger partial charge on any atom is -0.444 e. The molecule has 0 saturated carbocycles. The van der Waals surface area contributed by atoms with E-state index >= 15 is 0 Å². The number of carbonyl (C=O) groups is 3. The predicted octanol–water partition coefficient (Wildman–Crippen LogP) is 3.16. The fraction of sp³-hybridized carbons (Fsp3) is 0.533. The van der Waals surface area contributed by atoms with Gasteiger partial charge in [-0.1, -0.05) is 12.1 Å². The summed E-state index contributed by atoms with van der Waals surface area (Å²) in [6.45, 7) is 10.6. The number of carbonyl (C=O) groups excluding carboxylic acids is 3. The van der Waals surface area contributed by atoms with E-state index in [-0.39, 0.29) is 18.0 Å². The molecule has 2 fully saturated rings. The second kappa shape index (κ2) is 13.0. The Hall–Kier alpha value is -4.46. The molecular formula is C30H41N9O5. The Balaban J connectivity index is 1.36. The topological polar surface area (TPSA) is 156 Å². The largest absolute Gasteiger partial charge is 0.444 e. The number of nitrogens with zero attached hydrogens (tertiary/aromatic N) is 6. The highest BCUT2D eigenvalue weighted by atomic mass is 16.6. The Morgan fingerprint density at radius 1 is 1.02 bits per heavy atom. The molecule has 2 aliphatic heterocycles. The van der Waals surface area contributed by atoms with Crippen LogP contribution in [0.5, 0.6) is 0 Å². The summed E-state index contributed by atoms with van der Waals surface area (Å²) in [7, 11) is 1.57. The van der Waals surface area contributed by atoms with Crippen molar-refractivity contribution in [2.45, 2.75) is 58.2 Å². The van der Waals surface area contributed by atoms with Crippen LogP contribution >= 0.6 is 0 Å². The van der Waals surface area contributed by atoms with Gasteiger partial charge in [-0.2, -0.15) is 10.1 Å². The zero-order valence-electron chi connectivity index (χ0n) is 25.9. The van der Waals surface area contributed by atoms with Crippen LogP contribution in [0.1, 0.15) is 46.6 Å². The summed E-state index contributed by atoms with van der Waals surface area (Å²) in [5, 5.41) is 13.6. The van der Waals surface area contributed by atoms with E-state index in [1.807, 2.05) is 28.9 Å². The summed E-state index contributed by atoms with van der Waals surface area (Å²) >= 11 is 0. The molecule has 0 aliphatic carbocycles. The van der Waals surface area contributed by atoms with E-state index in [2.05, 4.69) is 20.9 Å². The molecule has 236 valence electrons. The number of aromatic nitrogens is 4. The van der Waals surface area contributed by atoms with Gasteiger partial charge in [0.05, 0.1) is 36.5 Å². The van der Waals surface area contributed by atoms with Gasteiger partial charge in [0, 0.05) is 44.5 Å². The van der Waals surface area contributed by atoms with Crippen molar-refractivity contribution in [3.63, 3.8) is 0 Å². The first-order valence-electron chi connectivity index (χ1n) is 15.0. The molecule has 5 rings (SSSR count). The standard InChI is InChI=1S/C30H41N9O5/c1-19(33-29(42)44-30(2,3)4)26(40)37-12-10-22(11-13-37)39-25-23(18-32-39)24(35-27(36-25)38-14-16-43-17-15-38)20-6-8-21(9-7-20)34-28(41)31-5/h6-9,18-19,22H,10-17H2,1-5H3,(H,33,42)(H2,31,34,41)/t19-/m0/s1. The predicted molar refractivity (Wildman–Crippen MR) is 166 cm³/mol. The minimum absolute atomic E-state index is 0.0325. The Morgan fingerprint density at radius 3 is 2.34 bits per heavy atom. The maximum atomic E-state index is 13.1. The molecule has 2 aromatic heterocycles. The van der Waals surface area contributed by atoms with E-state index in [4.69, 9.17) is 24.5 Å². The number of rotatable bonds is 6. The molecule has 0 radical (unpaired) electrons. The number of piperidine rings is 1. The van der Waals surface area contributed by atoms with Gasteiger partial charge in [-0.25, -0.2) is 19.3 Å². The van der Waals surface area contributed by atoms with E-state index in [9.17, 15) is 14.4 Å². The zero-order chi connectivity index (χ0) is 31.4. The first kappa shape index (κ1) is 31.0. The van der Waals surface area contributed by atoms with Crippen LogP contribution in [0.4, 0.5) is 21.2 Å². The van der Waals surface area contributed by atoms with Gasteiger partial charge in [-0.05, 0) is 52.7 Å². The van der Waals surface area contributed by atoms with Crippen LogP contribution in [0.3, 0.4) is 0 Å². The number of anilines is 2. The fourth-order valence-electron chi connectivity index (χ4n) is 5.36. The Kier molecular flexibility index (Phi) is 9.18. The lowest BCUT2D eigenvalue weighted by Crippen LogP contribution is -2.50. The number of ether oxygens (including phenoxy) is 2. The molecule has 14 nitrogen and oxygen atoms in total. The SMILES string of the molecule is CNC(=O)Nc1ccc(-c2nc(N3CCOCC3)nc3c2cnn3C2CCN(C(=O)[C@H](C)NC(=O)OC(C)(C)C)CC2)cc1. The van der Waals surface area contributed by atoms with Crippen LogP contribution in [0.2, 0.25) is 0 Å². The van der Waals surface area contributed by atoms with Crippen molar-refractivity contribution < 1.29 is 23.9 Å². The summed E-state index contributed by atoms with van der Waals surface area (Å²) in [5.74, 6) is 0.466. The third-order valence-corrected chi connectivity index (χ3v) is 7.60. The van der Waals surface area contributed by atoms with E-state index in [1.54, 1.807) is 45.8 Å². The van der Waals surface area contributed by atoms with Crippen molar-refractivity contribution in [3.05, 3.63) is 30.5 Å². The number of hydrogen-bond donors (Lipinski definition) is 3. The highest BCUT2D eigenvalue weighted by molar-refractivity contribution is 5.93. The molecule has 14 heteroatoms. The summed E-state index contributed by atoms with van der Waals surface area (Å²) in [5.41, 5.74) is 2.38. The lowest BCUT2D eigenvalue weighted by atomic mass is 10.0. The number of hydrogen-bond acceptors (Lipinski definition) is 9. The molecular weight excluding hydrogens is 566 g/mol. The lowest BCUT2D eigenvalue weighted by Gasteiger charge is -2.34. The van der Waals surface area contributed by atoms with Crippen molar-refractivity contribution in [2.75, 3.05) is 56.7 Å². The van der Waals surface area contributed by atoms with E-state index in [1.165, 1.54) is 0 Å². The second-order valence-electron chi connectivity index (χ2n) is 12.0. The normalized spacial score (nSPS) is 16.8. The molecule has 2 saturated heterocycles. The summed E-state index contributed by atoms with van der Waals surface area (Å²) in [6.07, 6.45) is 2.57. The van der Waals surface area contributed by atoms with Crippen LogP contribution in [0.15, 0.2) is 30.5 Å². The molecule has 4 heterocycles. The monoisotopic (exact) mass is 607 g/mol. The third kappa shape index (κ3) is 7.18. The van der Waals surface area contributed by atoms with Gasteiger partial charge in [-0.3, -0.25) is 4.79 Å². The zero-order valence-corrected chi connectivity index (χ0v) is 25.9. The van der Waals surface area contributed by atoms with Crippen molar-refractivity contribution in [1.29, 1.82) is 0 Å². The molecule has 1 atom stereocenters. The number of nitrogens with one attached hydrogen (secondary N) is 3. The van der Waals surface area contributed by atoms with Gasteiger partial charge in [0.25, 0.3) is 0 Å². The summed E-state index contributed by atoms with van der Waals surface area (Å²) in [6, 6.07) is 6.56. The third-order valence-electron chi connectivity index (χ3n) is 7.60. The van der Waals surface area contributed by atoms with E-state index in [0.717, 1.165) is 22.3 Å². The van der Waals surface area contributed by atoms with Crippen LogP contribution < -0.4 is 20.9 Å². The number of morpholine rings is 1. The van der Waals surface area contributed by atoms with Gasteiger partial charge >= 0.3 is 12.1 Å². The van der Waals surface area contributed by atoms with Crippen molar-refractivity contribution in [2.24, 2.45) is 0 Å². The van der Waals surface area contributed by atoms with Crippen molar-refractivity contribution in [1.82, 2.24) is 35.3 Å². The molecule has 3 aromatic rings. The lowest BCUT2D eigenvalue weighted by molar-refractivity contribution is -0.134. The maximum Gasteiger partial charge on any atom is 0.408 e. The first-order valence-corrected chi connectivity index (χ1v) is 15.0. The number of amides is 4. The van der Waals surface area contributed by atoms with Crippen LogP contribution in [0.25, 0.3) is 22.3 Å². The van der Waals surface area contributed by atoms with Gasteiger partial charge in [0.2, 0.25) is 11.9 Å². The maximum absolute atomic E-state index is 13.1. The number of alkyl carbamates (subject to hydrolysis) is 1. The fourth-order valence-corrected chi connectivity index (χ4v) is 5.36. The second-order valence-corrected chi connectivity index (χ2v) is 12.0. The molecule has 44 heavy (non-hydrogen) atoms. The molecule has 3 N–H and O–H groups in total. The molecule has 4 amide bonds. The average molecular weight is 608 g/mol. The number of benzene rings is 1. The van der Waals surface area contributed by atoms with Gasteiger partial charge in [-0.15, -0.1) is 0 Å². The average Bonchev–Trinajstić information content (AvgIpc) is 3.44. The molecule has 0 spiro atoms. The first-order chi connectivity index (χ1) is 21.0. The van der Waals surface area contributed by atoms with E-state index in [0.29, 0.717) is 63.9 Å². The smallest absolute Gasteiger partial charge is 0.408 e. The van der Waals surface area contributed by atoms with Crippen molar-refractivity contribution >= 4 is 40.7 Å². The minimum atomic E-state index is -0.698. The number of fused-ring (bicyclic) bond motifs is 1. The highest BCUT2D eigenvalue weighted by Crippen LogP contribution is 2.33. The Labute approximate surface area is 256 Å². The summed E-state index contributed by atoms with van der Waals surface area (Å²) < 4.78 is 12.8. The molecule has 2 aliphatic rings. The Morgan fingerprint density at radius 2 is 1.70 bits per heavy atom. The highest BCUT2D eigenvalue weighted by Gasteiger charge is 2.30. The number of likely N-dealkylation sites (tertiary alicyclic amines) is 1. The van der Waals surface area contributed by atoms with Gasteiger partial charge in [0.1, 0.15) is 11.6 Å². The molecule has 0 bridgehead atoms. The van der Waals surface area contributed by atoms with Gasteiger partial charge in [0.15, 0.2) is 5.65 Å². The van der Waals surface area contributed by atoms with E-state index < -0.39 is 17.7 Å². The molecule has 1 aromatic carbocycles. The Bertz CT molecular complexity index is 1490. The molecule has 0 unspecified atom stereocenters. The number of urea groups is 1. The quantitative estimate of drug-likeness (QED) is 0.383. The summed E-state index contributed by atoms with van der Waals surface area (Å²) in [4.78, 5) is 50.9. The van der Waals surface area contributed by atoms with Crippen LogP contribution in [-0.2, 0) is 14.3 Å². The van der Waals surface area contributed by atoms with Crippen LogP contribution in [-0.4, -0.2) is 101 Å². The van der Waals surface area contributed by atoms with Crippen molar-refractivity contribution in [3.8, 4) is 11.3 Å².